The van der Waals surface area contributed by atoms with Crippen molar-refractivity contribution in [3.8, 4) is 0 Å². The molecule has 0 saturated carbocycles. The second-order valence-electron chi connectivity index (χ2n) is 4.94. The molecular weight excluding hydrogens is 304 g/mol. The number of benzene rings is 1. The van der Waals surface area contributed by atoms with Gasteiger partial charge in [0.2, 0.25) is 0 Å². The molecule has 3 rings (SSSR count). The van der Waals surface area contributed by atoms with E-state index < -0.39 is 35.1 Å². The van der Waals surface area contributed by atoms with E-state index >= 15 is 0 Å². The highest BCUT2D eigenvalue weighted by Crippen LogP contribution is 2.17. The Labute approximate surface area is 130 Å². The minimum atomic E-state index is -1.15. The van der Waals surface area contributed by atoms with Crippen LogP contribution in [0.5, 0.6) is 0 Å². The molecular formula is C16H11F2N3O2. The Balaban J connectivity index is 2.01. The quantitative estimate of drug-likeness (QED) is 0.798. The van der Waals surface area contributed by atoms with Gasteiger partial charge in [0.1, 0.15) is 28.7 Å². The van der Waals surface area contributed by atoms with Crippen molar-refractivity contribution in [3.63, 3.8) is 0 Å². The molecule has 0 aliphatic carbocycles. The van der Waals surface area contributed by atoms with Gasteiger partial charge >= 0.3 is 0 Å². The molecule has 2 aliphatic heterocycles. The largest absolute Gasteiger partial charge is 0.283 e. The third kappa shape index (κ3) is 2.61. The Kier molecular flexibility index (Phi) is 3.69. The fraction of sp³-hybridized carbons (Fsp3) is 0.125. The van der Waals surface area contributed by atoms with Gasteiger partial charge in [0.15, 0.2) is 0 Å². The van der Waals surface area contributed by atoms with Crippen molar-refractivity contribution in [1.29, 1.82) is 0 Å². The minimum absolute atomic E-state index is 0.165. The first-order valence-electron chi connectivity index (χ1n) is 6.82. The van der Waals surface area contributed by atoms with Crippen LogP contribution in [0.3, 0.4) is 0 Å². The lowest BCUT2D eigenvalue weighted by molar-refractivity contribution is -0.119. The molecule has 0 saturated heterocycles. The van der Waals surface area contributed by atoms with E-state index in [0.29, 0.717) is 5.84 Å². The predicted octanol–water partition coefficient (Wildman–Crippen LogP) is 2.26. The van der Waals surface area contributed by atoms with Crippen LogP contribution in [0.4, 0.5) is 8.78 Å². The zero-order valence-corrected chi connectivity index (χ0v) is 12.0. The lowest BCUT2D eigenvalue weighted by Crippen LogP contribution is -2.46. The normalized spacial score (nSPS) is 21.4. The van der Waals surface area contributed by atoms with Gasteiger partial charge in [-0.15, -0.1) is 0 Å². The van der Waals surface area contributed by atoms with Crippen LogP contribution in [0.2, 0.25) is 0 Å². The summed E-state index contributed by atoms with van der Waals surface area (Å²) >= 11 is 0. The SMILES string of the molecule is CC1N=C2C=CC=CN2C(=O)C1=NC(=O)c1c(F)cccc1F. The Hall–Kier alpha value is -2.96. The number of fused-ring (bicyclic) bond motifs is 1. The monoisotopic (exact) mass is 315 g/mol. The van der Waals surface area contributed by atoms with E-state index in [4.69, 9.17) is 0 Å². The van der Waals surface area contributed by atoms with E-state index in [1.54, 1.807) is 25.2 Å². The van der Waals surface area contributed by atoms with Gasteiger partial charge in [0, 0.05) is 6.20 Å². The lowest BCUT2D eigenvalue weighted by atomic mass is 10.1. The molecule has 0 fully saturated rings. The number of nitrogens with zero attached hydrogens (tertiary/aromatic N) is 3. The predicted molar refractivity (Wildman–Crippen MR) is 80.1 cm³/mol. The highest BCUT2D eigenvalue weighted by atomic mass is 19.1. The fourth-order valence-electron chi connectivity index (χ4n) is 2.28. The summed E-state index contributed by atoms with van der Waals surface area (Å²) in [6.45, 7) is 1.58. The van der Waals surface area contributed by atoms with Crippen molar-refractivity contribution < 1.29 is 18.4 Å². The third-order valence-electron chi connectivity index (χ3n) is 3.40. The van der Waals surface area contributed by atoms with E-state index in [0.717, 1.165) is 18.2 Å². The van der Waals surface area contributed by atoms with Gasteiger partial charge in [-0.1, -0.05) is 12.1 Å². The van der Waals surface area contributed by atoms with Crippen LogP contribution >= 0.6 is 0 Å². The second-order valence-corrected chi connectivity index (χ2v) is 4.94. The maximum Gasteiger partial charge on any atom is 0.283 e. The first-order valence-corrected chi connectivity index (χ1v) is 6.82. The number of aliphatic imine (C=N–C) groups is 2. The Bertz CT molecular complexity index is 804. The summed E-state index contributed by atoms with van der Waals surface area (Å²) in [5.74, 6) is -3.33. The van der Waals surface area contributed by atoms with E-state index in [-0.39, 0.29) is 5.71 Å². The molecule has 0 bridgehead atoms. The van der Waals surface area contributed by atoms with Crippen molar-refractivity contribution in [2.45, 2.75) is 13.0 Å². The average molecular weight is 315 g/mol. The van der Waals surface area contributed by atoms with Crippen molar-refractivity contribution in [1.82, 2.24) is 4.90 Å². The highest BCUT2D eigenvalue weighted by Gasteiger charge is 2.32. The van der Waals surface area contributed by atoms with Crippen molar-refractivity contribution in [2.75, 3.05) is 0 Å². The van der Waals surface area contributed by atoms with Crippen LogP contribution < -0.4 is 0 Å². The highest BCUT2D eigenvalue weighted by molar-refractivity contribution is 6.47. The van der Waals surface area contributed by atoms with Crippen LogP contribution in [0.25, 0.3) is 0 Å². The summed E-state index contributed by atoms with van der Waals surface area (Å²) in [7, 11) is 0. The second kappa shape index (κ2) is 5.68. The molecule has 2 amide bonds. The molecule has 2 heterocycles. The molecule has 116 valence electrons. The standard InChI is InChI=1S/C16H11F2N3O2/c1-9-14(16(23)21-8-3-2-7-12(21)19-9)20-15(22)13-10(17)5-4-6-11(13)18/h2-9H,1H3. The zero-order chi connectivity index (χ0) is 16.6. The molecule has 1 atom stereocenters. The first kappa shape index (κ1) is 15.0. The average Bonchev–Trinajstić information content (AvgIpc) is 2.51. The van der Waals surface area contributed by atoms with Gasteiger partial charge in [0.25, 0.3) is 11.8 Å². The van der Waals surface area contributed by atoms with Crippen molar-refractivity contribution in [2.24, 2.45) is 9.98 Å². The van der Waals surface area contributed by atoms with Crippen LogP contribution in [-0.4, -0.2) is 34.3 Å². The molecule has 7 heteroatoms. The number of halogens is 2. The number of carbonyl (C=O) groups excluding carboxylic acids is 2. The molecule has 0 spiro atoms. The van der Waals surface area contributed by atoms with E-state index in [1.807, 2.05) is 0 Å². The number of amidine groups is 1. The lowest BCUT2D eigenvalue weighted by Gasteiger charge is -2.27. The summed E-state index contributed by atoms with van der Waals surface area (Å²) in [6.07, 6.45) is 6.47. The van der Waals surface area contributed by atoms with E-state index in [9.17, 15) is 18.4 Å². The maximum absolute atomic E-state index is 13.6. The van der Waals surface area contributed by atoms with Crippen LogP contribution in [-0.2, 0) is 4.79 Å². The molecule has 0 N–H and O–H groups in total. The first-order chi connectivity index (χ1) is 11.0. The van der Waals surface area contributed by atoms with Gasteiger partial charge in [-0.05, 0) is 31.2 Å². The summed E-state index contributed by atoms with van der Waals surface area (Å²) in [5.41, 5.74) is -0.954. The number of hydrogen-bond acceptors (Lipinski definition) is 3. The van der Waals surface area contributed by atoms with Gasteiger partial charge in [0.05, 0.1) is 6.04 Å². The van der Waals surface area contributed by atoms with Crippen molar-refractivity contribution >= 4 is 23.4 Å². The van der Waals surface area contributed by atoms with Gasteiger partial charge in [-0.2, -0.15) is 0 Å². The molecule has 0 radical (unpaired) electrons. The number of amides is 2. The van der Waals surface area contributed by atoms with Gasteiger partial charge in [-0.25, -0.2) is 13.8 Å². The van der Waals surface area contributed by atoms with Crippen LogP contribution in [0.1, 0.15) is 17.3 Å². The van der Waals surface area contributed by atoms with Crippen molar-refractivity contribution in [3.05, 3.63) is 59.8 Å². The Morgan fingerprint density at radius 3 is 2.65 bits per heavy atom. The smallest absolute Gasteiger partial charge is 0.267 e. The Morgan fingerprint density at radius 2 is 1.96 bits per heavy atom. The minimum Gasteiger partial charge on any atom is -0.267 e. The number of rotatable bonds is 1. The Morgan fingerprint density at radius 1 is 1.26 bits per heavy atom. The topological polar surface area (TPSA) is 62.1 Å². The summed E-state index contributed by atoms with van der Waals surface area (Å²) in [4.78, 5) is 33.6. The van der Waals surface area contributed by atoms with Gasteiger partial charge in [-0.3, -0.25) is 19.5 Å². The number of allylic oxidation sites excluding steroid dienone is 2. The van der Waals surface area contributed by atoms with Crippen LogP contribution in [0.15, 0.2) is 52.6 Å². The molecule has 1 aromatic rings. The summed E-state index contributed by atoms with van der Waals surface area (Å²) in [5, 5.41) is 0. The molecule has 23 heavy (non-hydrogen) atoms. The van der Waals surface area contributed by atoms with E-state index in [2.05, 4.69) is 9.98 Å². The van der Waals surface area contributed by atoms with Gasteiger partial charge < -0.3 is 0 Å². The molecule has 2 aliphatic rings. The maximum atomic E-state index is 13.6. The zero-order valence-electron chi connectivity index (χ0n) is 12.0. The number of carbonyl (C=O) groups is 2. The molecule has 1 unspecified atom stereocenters. The molecule has 0 aromatic heterocycles. The molecule has 5 nitrogen and oxygen atoms in total. The fourth-order valence-corrected chi connectivity index (χ4v) is 2.28. The van der Waals surface area contributed by atoms with E-state index in [1.165, 1.54) is 11.1 Å². The summed E-state index contributed by atoms with van der Waals surface area (Å²) in [6, 6.07) is 2.36. The molecule has 1 aromatic carbocycles. The third-order valence-corrected chi connectivity index (χ3v) is 3.40. The van der Waals surface area contributed by atoms with Crippen LogP contribution in [0, 0.1) is 11.6 Å². The number of hydrogen-bond donors (Lipinski definition) is 0. The summed E-state index contributed by atoms with van der Waals surface area (Å²) < 4.78 is 27.3.